The molecule has 1 fully saturated rings. The molecule has 1 saturated heterocycles. The smallest absolute Gasteiger partial charge is 0.410 e. The van der Waals surface area contributed by atoms with Crippen LogP contribution < -0.4 is 5.32 Å². The van der Waals surface area contributed by atoms with E-state index in [-0.39, 0.29) is 24.1 Å². The van der Waals surface area contributed by atoms with Crippen LogP contribution in [0.2, 0.25) is 0 Å². The maximum Gasteiger partial charge on any atom is 0.410 e. The van der Waals surface area contributed by atoms with Crippen LogP contribution in [0.5, 0.6) is 0 Å². The van der Waals surface area contributed by atoms with Gasteiger partial charge in [-0.05, 0) is 90.5 Å². The second-order valence-corrected chi connectivity index (χ2v) is 13.8. The first-order valence-corrected chi connectivity index (χ1v) is 18.8. The molecule has 0 aromatic rings. The van der Waals surface area contributed by atoms with E-state index < -0.39 is 5.60 Å². The lowest BCUT2D eigenvalue weighted by Crippen LogP contribution is -2.46. The predicted octanol–water partition coefficient (Wildman–Crippen LogP) is 11.6. The number of piperidine rings is 1. The van der Waals surface area contributed by atoms with E-state index in [1.807, 2.05) is 67.5 Å². The van der Waals surface area contributed by atoms with Crippen molar-refractivity contribution < 1.29 is 23.9 Å². The van der Waals surface area contributed by atoms with Gasteiger partial charge in [-0.3, -0.25) is 9.69 Å². The summed E-state index contributed by atoms with van der Waals surface area (Å²) in [6, 6.07) is -0.125. The lowest BCUT2D eigenvalue weighted by atomic mass is 10.0. The first-order valence-electron chi connectivity index (χ1n) is 17.9. The number of carbonyl (C=O) groups is 4. The molecule has 0 bridgehead atoms. The molecule has 0 aromatic carbocycles. The number of nitrogens with zero attached hydrogens (tertiary/aromatic N) is 1. The van der Waals surface area contributed by atoms with Gasteiger partial charge in [0.1, 0.15) is 18.2 Å². The van der Waals surface area contributed by atoms with Gasteiger partial charge in [0.15, 0.2) is 0 Å². The monoisotopic (exact) mass is 697 g/mol. The molecule has 2 unspecified atom stereocenters. The van der Waals surface area contributed by atoms with Crippen LogP contribution in [-0.2, 0) is 19.1 Å². The van der Waals surface area contributed by atoms with Gasteiger partial charge in [-0.1, -0.05) is 124 Å². The minimum absolute atomic E-state index is 0.0806. The number of carbonyl (C=O) groups excluding carboxylic acids is 4. The van der Waals surface area contributed by atoms with Gasteiger partial charge in [0.2, 0.25) is 0 Å². The van der Waals surface area contributed by atoms with Crippen LogP contribution in [0.1, 0.15) is 155 Å². The van der Waals surface area contributed by atoms with E-state index >= 15 is 0 Å². The van der Waals surface area contributed by atoms with Crippen molar-refractivity contribution in [3.05, 3.63) is 46.8 Å². The van der Waals surface area contributed by atoms with Crippen LogP contribution in [0.4, 0.5) is 4.79 Å². The number of thioether (sulfide) groups is 1. The molecule has 0 saturated carbocycles. The zero-order valence-electron chi connectivity index (χ0n) is 33.8. The van der Waals surface area contributed by atoms with Gasteiger partial charge in [-0.15, -0.1) is 0 Å². The van der Waals surface area contributed by atoms with Crippen molar-refractivity contribution in [1.29, 1.82) is 0 Å². The SMILES string of the molecule is C=C/C=C\C(C)=C(/C)SC(=C)C(=O)NC(C)CC(C)C.CC.CC(C)(C)OC(=O)N1CCCCC1C=O.CC=O.CCCC.CCCC. The summed E-state index contributed by atoms with van der Waals surface area (Å²) >= 11 is 1.41. The van der Waals surface area contributed by atoms with Crippen molar-refractivity contribution in [1.82, 2.24) is 10.2 Å². The second-order valence-electron chi connectivity index (χ2n) is 12.5. The summed E-state index contributed by atoms with van der Waals surface area (Å²) in [4.78, 5) is 46.5. The van der Waals surface area contributed by atoms with Crippen molar-refractivity contribution >= 4 is 36.3 Å². The van der Waals surface area contributed by atoms with Crippen LogP contribution in [0, 0.1) is 5.92 Å². The molecule has 1 rings (SSSR count). The quantitative estimate of drug-likeness (QED) is 0.131. The minimum Gasteiger partial charge on any atom is -0.444 e. The fraction of sp³-hybridized carbons (Fsp3) is 0.700. The second kappa shape index (κ2) is 37.2. The zero-order chi connectivity index (χ0) is 38.7. The Hall–Kier alpha value is -2.61. The summed E-state index contributed by atoms with van der Waals surface area (Å²) in [5, 5.41) is 2.98. The number of allylic oxidation sites excluding steroid dienone is 5. The highest BCUT2D eigenvalue weighted by Gasteiger charge is 2.29. The fourth-order valence-corrected chi connectivity index (χ4v) is 4.11. The van der Waals surface area contributed by atoms with E-state index in [0.29, 0.717) is 17.4 Å². The van der Waals surface area contributed by atoms with Gasteiger partial charge in [0.05, 0.1) is 10.9 Å². The molecular weight excluding hydrogens is 621 g/mol. The van der Waals surface area contributed by atoms with Gasteiger partial charge in [-0.25, -0.2) is 4.79 Å². The molecule has 0 spiro atoms. The van der Waals surface area contributed by atoms with Crippen LogP contribution in [-0.4, -0.2) is 53.7 Å². The predicted molar refractivity (Wildman–Crippen MR) is 212 cm³/mol. The van der Waals surface area contributed by atoms with Crippen LogP contribution in [0.15, 0.2) is 46.8 Å². The van der Waals surface area contributed by atoms with E-state index in [1.54, 1.807) is 6.08 Å². The third kappa shape index (κ3) is 37.8. The molecule has 1 aliphatic heterocycles. The Labute approximate surface area is 301 Å². The Morgan fingerprint density at radius 3 is 1.83 bits per heavy atom. The Bertz CT molecular complexity index is 896. The molecule has 282 valence electrons. The van der Waals surface area contributed by atoms with E-state index in [2.05, 4.69) is 60.0 Å². The largest absolute Gasteiger partial charge is 0.444 e. The highest BCUT2D eigenvalue weighted by Crippen LogP contribution is 2.27. The van der Waals surface area contributed by atoms with Gasteiger partial charge >= 0.3 is 6.09 Å². The van der Waals surface area contributed by atoms with Crippen LogP contribution in [0.3, 0.4) is 0 Å². The summed E-state index contributed by atoms with van der Waals surface area (Å²) in [5.74, 6) is 0.488. The van der Waals surface area contributed by atoms with Crippen molar-refractivity contribution in [3.63, 3.8) is 0 Å². The molecule has 0 radical (unpaired) electrons. The first-order chi connectivity index (χ1) is 22.5. The molecular formula is C40H76N2O5S. The number of hydrogen-bond acceptors (Lipinski definition) is 6. The molecule has 7 nitrogen and oxygen atoms in total. The highest BCUT2D eigenvalue weighted by molar-refractivity contribution is 8.07. The molecule has 0 aromatic heterocycles. The van der Waals surface area contributed by atoms with E-state index in [1.165, 1.54) is 49.3 Å². The zero-order valence-corrected chi connectivity index (χ0v) is 34.6. The Morgan fingerprint density at radius 2 is 1.46 bits per heavy atom. The minimum atomic E-state index is -0.498. The van der Waals surface area contributed by atoms with Crippen molar-refractivity contribution in [2.24, 2.45) is 5.92 Å². The topological polar surface area (TPSA) is 92.8 Å². The molecule has 1 aliphatic rings. The van der Waals surface area contributed by atoms with Crippen molar-refractivity contribution in [3.8, 4) is 0 Å². The first kappa shape index (κ1) is 54.8. The number of likely N-dealkylation sites (tertiary alicyclic amines) is 1. The Kier molecular flexibility index (Phi) is 42.5. The lowest BCUT2D eigenvalue weighted by molar-refractivity contribution is -0.117. The molecule has 2 amide bonds. The average molecular weight is 697 g/mol. The average Bonchev–Trinajstić information content (AvgIpc) is 3.04. The summed E-state index contributed by atoms with van der Waals surface area (Å²) in [6.45, 7) is 38.1. The standard InChI is InChI=1S/C17H27NOS.C11H19NO3.2C4H10.C2H4O.C2H6/c1-8-9-10-13(4)15(6)20-16(7)17(19)18-14(5)11-12(2)3;1-11(2,3)15-10(14)12-7-5-4-6-9(12)8-13;2*1-3-4-2;1-2-3;1-2/h8-10,12,14H,1,7,11H2,2-6H3,(H,18,19);8-9H,4-7H2,1-3H3;2*3-4H2,1-2H3;2H,1H3;1-2H3/b10-9-,15-13+;;;;;. The molecule has 1 N–H and O–H groups in total. The molecule has 2 atom stereocenters. The van der Waals surface area contributed by atoms with Crippen molar-refractivity contribution in [2.75, 3.05) is 6.54 Å². The van der Waals surface area contributed by atoms with Crippen LogP contribution >= 0.6 is 11.8 Å². The summed E-state index contributed by atoms with van der Waals surface area (Å²) in [7, 11) is 0. The van der Waals surface area contributed by atoms with Gasteiger partial charge in [0.25, 0.3) is 5.91 Å². The third-order valence-corrected chi connectivity index (χ3v) is 7.16. The number of hydrogen-bond donors (Lipinski definition) is 1. The lowest BCUT2D eigenvalue weighted by Gasteiger charge is -2.33. The Balaban J connectivity index is -0.000000191. The number of nitrogens with one attached hydrogen (secondary N) is 1. The van der Waals surface area contributed by atoms with E-state index in [4.69, 9.17) is 9.53 Å². The molecule has 8 heteroatoms. The number of ether oxygens (including phenoxy) is 1. The third-order valence-electron chi connectivity index (χ3n) is 6.10. The molecule has 0 aliphatic carbocycles. The summed E-state index contributed by atoms with van der Waals surface area (Å²) in [5.41, 5.74) is 0.612. The van der Waals surface area contributed by atoms with Gasteiger partial charge < -0.3 is 19.6 Å². The number of aldehydes is 2. The van der Waals surface area contributed by atoms with Gasteiger partial charge in [-0.2, -0.15) is 0 Å². The fourth-order valence-electron chi connectivity index (χ4n) is 3.36. The molecule has 48 heavy (non-hydrogen) atoms. The molecule has 1 heterocycles. The van der Waals surface area contributed by atoms with E-state index in [0.717, 1.165) is 48.7 Å². The Morgan fingerprint density at radius 1 is 0.979 bits per heavy atom. The number of amides is 2. The van der Waals surface area contributed by atoms with Gasteiger partial charge in [0, 0.05) is 12.6 Å². The maximum absolute atomic E-state index is 12.0. The van der Waals surface area contributed by atoms with Crippen molar-refractivity contribution in [2.45, 2.75) is 173 Å². The highest BCUT2D eigenvalue weighted by atomic mass is 32.2. The number of rotatable bonds is 11. The normalized spacial score (nSPS) is 14.5. The maximum atomic E-state index is 12.0. The van der Waals surface area contributed by atoms with Crippen LogP contribution in [0.25, 0.3) is 0 Å². The van der Waals surface area contributed by atoms with E-state index in [9.17, 15) is 14.4 Å². The number of unbranched alkanes of at least 4 members (excludes halogenated alkanes) is 2. The summed E-state index contributed by atoms with van der Waals surface area (Å²) in [6.07, 6.45) is 15.8. The summed E-state index contributed by atoms with van der Waals surface area (Å²) < 4.78 is 5.24.